The number of nitrogens with zero attached hydrogens (tertiary/aromatic N) is 2. The number of aliphatic hydroxyl groups is 1. The third kappa shape index (κ3) is 3.59. The number of aliphatic hydroxyl groups excluding tert-OH is 1. The number of thioether (sulfide) groups is 1. The van der Waals surface area contributed by atoms with Gasteiger partial charge in [0.25, 0.3) is 0 Å². The van der Waals surface area contributed by atoms with Crippen LogP contribution in [0.5, 0.6) is 0 Å². The van der Waals surface area contributed by atoms with E-state index in [1.807, 2.05) is 20.8 Å². The SMILES string of the molecule is C=CCN(CCCC)C(=O)C1N([C@@H](CO)C(C)C)C(=O)[C@@H]2[C@@H](C(=O)O)[C@H]3CC(C)C12S3. The summed E-state index contributed by atoms with van der Waals surface area (Å²) in [5.74, 6) is -2.94. The summed E-state index contributed by atoms with van der Waals surface area (Å²) < 4.78 is -0.768. The average molecular weight is 453 g/mol. The maximum absolute atomic E-state index is 14.0. The number of carboxylic acid groups (broad SMARTS) is 1. The van der Waals surface area contributed by atoms with Crippen LogP contribution in [0.25, 0.3) is 0 Å². The molecular formula is C23H36N2O5S. The summed E-state index contributed by atoms with van der Waals surface area (Å²) in [4.78, 5) is 43.3. The van der Waals surface area contributed by atoms with E-state index >= 15 is 0 Å². The van der Waals surface area contributed by atoms with Crippen molar-refractivity contribution in [2.75, 3.05) is 19.7 Å². The zero-order valence-electron chi connectivity index (χ0n) is 19.0. The van der Waals surface area contributed by atoms with E-state index < -0.39 is 34.6 Å². The van der Waals surface area contributed by atoms with Crippen molar-refractivity contribution < 1.29 is 24.6 Å². The van der Waals surface area contributed by atoms with Gasteiger partial charge in [-0.05, 0) is 24.7 Å². The number of likely N-dealkylation sites (tertiary alicyclic amines) is 1. The topological polar surface area (TPSA) is 98.2 Å². The third-order valence-corrected chi connectivity index (χ3v) is 9.54. The van der Waals surface area contributed by atoms with E-state index in [4.69, 9.17) is 0 Å². The molecule has 0 radical (unpaired) electrons. The van der Waals surface area contributed by atoms with Crippen molar-refractivity contribution in [1.29, 1.82) is 0 Å². The molecule has 2 bridgehead atoms. The molecule has 3 heterocycles. The van der Waals surface area contributed by atoms with Crippen LogP contribution in [0.15, 0.2) is 12.7 Å². The number of carbonyl (C=O) groups is 3. The van der Waals surface area contributed by atoms with E-state index in [9.17, 15) is 24.6 Å². The molecule has 3 aliphatic heterocycles. The van der Waals surface area contributed by atoms with Crippen molar-refractivity contribution in [3.8, 4) is 0 Å². The van der Waals surface area contributed by atoms with Gasteiger partial charge in [-0.2, -0.15) is 0 Å². The maximum Gasteiger partial charge on any atom is 0.308 e. The Labute approximate surface area is 189 Å². The van der Waals surface area contributed by atoms with Crippen LogP contribution in [0.2, 0.25) is 0 Å². The first kappa shape index (κ1) is 24.1. The Kier molecular flexibility index (Phi) is 7.11. The molecule has 3 unspecified atom stereocenters. The quantitative estimate of drug-likeness (QED) is 0.494. The highest BCUT2D eigenvalue weighted by Gasteiger charge is 2.77. The average Bonchev–Trinajstić information content (AvgIpc) is 3.29. The van der Waals surface area contributed by atoms with E-state index in [1.54, 1.807) is 15.9 Å². The Morgan fingerprint density at radius 2 is 2.10 bits per heavy atom. The zero-order chi connectivity index (χ0) is 23.1. The van der Waals surface area contributed by atoms with E-state index in [2.05, 4.69) is 13.5 Å². The van der Waals surface area contributed by atoms with Crippen molar-refractivity contribution in [3.05, 3.63) is 12.7 Å². The highest BCUT2D eigenvalue weighted by Crippen LogP contribution is 2.69. The van der Waals surface area contributed by atoms with E-state index in [0.717, 1.165) is 12.8 Å². The van der Waals surface area contributed by atoms with Gasteiger partial charge < -0.3 is 20.0 Å². The molecule has 7 atom stereocenters. The molecule has 3 aliphatic rings. The molecule has 8 heteroatoms. The zero-order valence-corrected chi connectivity index (χ0v) is 19.8. The third-order valence-electron chi connectivity index (χ3n) is 7.46. The Bertz CT molecular complexity index is 743. The van der Waals surface area contributed by atoms with Crippen molar-refractivity contribution in [2.24, 2.45) is 23.7 Å². The number of carboxylic acids is 1. The first-order valence-corrected chi connectivity index (χ1v) is 12.3. The summed E-state index contributed by atoms with van der Waals surface area (Å²) in [6.07, 6.45) is 4.15. The number of fused-ring (bicyclic) bond motifs is 1. The predicted molar refractivity (Wildman–Crippen MR) is 121 cm³/mol. The molecule has 3 saturated heterocycles. The molecule has 0 aromatic heterocycles. The van der Waals surface area contributed by atoms with Crippen LogP contribution in [0.3, 0.4) is 0 Å². The lowest BCUT2D eigenvalue weighted by atomic mass is 9.66. The van der Waals surface area contributed by atoms with Crippen LogP contribution in [0.4, 0.5) is 0 Å². The Balaban J connectivity index is 2.13. The van der Waals surface area contributed by atoms with E-state index in [1.165, 1.54) is 11.8 Å². The normalized spacial score (nSPS) is 34.8. The number of amides is 2. The molecule has 3 rings (SSSR count). The summed E-state index contributed by atoms with van der Waals surface area (Å²) in [6, 6.07) is -1.30. The molecule has 174 valence electrons. The Morgan fingerprint density at radius 1 is 1.42 bits per heavy atom. The highest BCUT2D eigenvalue weighted by molar-refractivity contribution is 8.02. The number of carbonyl (C=O) groups excluding carboxylic acids is 2. The van der Waals surface area contributed by atoms with Crippen LogP contribution in [0, 0.1) is 23.7 Å². The van der Waals surface area contributed by atoms with Gasteiger partial charge in [-0.1, -0.05) is 40.2 Å². The number of aliphatic carboxylic acids is 1. The lowest BCUT2D eigenvalue weighted by Crippen LogP contribution is -2.60. The minimum Gasteiger partial charge on any atom is -0.481 e. The second-order valence-corrected chi connectivity index (χ2v) is 11.1. The van der Waals surface area contributed by atoms with Crippen LogP contribution in [-0.4, -0.2) is 79.6 Å². The molecule has 0 aromatic carbocycles. The van der Waals surface area contributed by atoms with Crippen LogP contribution in [-0.2, 0) is 14.4 Å². The van der Waals surface area contributed by atoms with Crippen LogP contribution < -0.4 is 0 Å². The van der Waals surface area contributed by atoms with Gasteiger partial charge >= 0.3 is 5.97 Å². The second kappa shape index (κ2) is 9.14. The fourth-order valence-electron chi connectivity index (χ4n) is 5.97. The minimum absolute atomic E-state index is 0.0364. The summed E-state index contributed by atoms with van der Waals surface area (Å²) in [6.45, 7) is 12.4. The van der Waals surface area contributed by atoms with Gasteiger partial charge in [-0.25, -0.2) is 0 Å². The molecule has 0 aromatic rings. The summed E-state index contributed by atoms with van der Waals surface area (Å²) in [5.41, 5.74) is 0. The standard InChI is InChI=1S/C23H36N2O5S/c1-6-8-10-24(9-7-2)21(28)19-23-14(5)11-16(31-23)17(22(29)30)18(23)20(27)25(19)15(12-26)13(3)4/h7,13-19,26H,2,6,8-12H2,1,3-5H3,(H,29,30)/t14?,15-,16+,17-,18-,19?,23?/m0/s1. The summed E-state index contributed by atoms with van der Waals surface area (Å²) in [7, 11) is 0. The largest absolute Gasteiger partial charge is 0.481 e. The molecule has 2 amide bonds. The minimum atomic E-state index is -0.961. The summed E-state index contributed by atoms with van der Waals surface area (Å²) >= 11 is 1.54. The van der Waals surface area contributed by atoms with Gasteiger partial charge in [0.05, 0.1) is 29.2 Å². The number of hydrogen-bond acceptors (Lipinski definition) is 5. The molecule has 0 saturated carbocycles. The molecule has 1 spiro atoms. The van der Waals surface area contributed by atoms with Crippen molar-refractivity contribution in [2.45, 2.75) is 69.0 Å². The number of hydrogen-bond donors (Lipinski definition) is 2. The summed E-state index contributed by atoms with van der Waals surface area (Å²) in [5, 5.41) is 20.0. The second-order valence-electron chi connectivity index (χ2n) is 9.56. The van der Waals surface area contributed by atoms with Gasteiger partial charge in [0, 0.05) is 18.3 Å². The van der Waals surface area contributed by atoms with E-state index in [0.29, 0.717) is 19.5 Å². The molecule has 0 aliphatic carbocycles. The lowest BCUT2D eigenvalue weighted by molar-refractivity contribution is -0.150. The van der Waals surface area contributed by atoms with Gasteiger partial charge in [-0.15, -0.1) is 18.3 Å². The van der Waals surface area contributed by atoms with Gasteiger partial charge in [0.15, 0.2) is 0 Å². The first-order valence-electron chi connectivity index (χ1n) is 11.4. The molecule has 7 nitrogen and oxygen atoms in total. The predicted octanol–water partition coefficient (Wildman–Crippen LogP) is 2.24. The Morgan fingerprint density at radius 3 is 2.61 bits per heavy atom. The van der Waals surface area contributed by atoms with Crippen LogP contribution in [0.1, 0.15) is 47.0 Å². The van der Waals surface area contributed by atoms with Gasteiger partial charge in [0.2, 0.25) is 11.8 Å². The number of rotatable bonds is 10. The molecule has 3 fully saturated rings. The van der Waals surface area contributed by atoms with Crippen molar-refractivity contribution in [1.82, 2.24) is 9.80 Å². The molecule has 31 heavy (non-hydrogen) atoms. The maximum atomic E-state index is 14.0. The monoisotopic (exact) mass is 452 g/mol. The Hall–Kier alpha value is -1.54. The van der Waals surface area contributed by atoms with Gasteiger partial charge in [0.1, 0.15) is 6.04 Å². The molecular weight excluding hydrogens is 416 g/mol. The lowest BCUT2D eigenvalue weighted by Gasteiger charge is -2.42. The highest BCUT2D eigenvalue weighted by atomic mass is 32.2. The number of unbranched alkanes of at least 4 members (excludes halogenated alkanes) is 1. The first-order chi connectivity index (χ1) is 14.7. The fraction of sp³-hybridized carbons (Fsp3) is 0.783. The smallest absolute Gasteiger partial charge is 0.308 e. The van der Waals surface area contributed by atoms with Crippen molar-refractivity contribution in [3.63, 3.8) is 0 Å². The fourth-order valence-corrected chi connectivity index (χ4v) is 8.36. The van der Waals surface area contributed by atoms with E-state index in [-0.39, 0.29) is 35.5 Å². The molecule has 2 N–H and O–H groups in total. The van der Waals surface area contributed by atoms with Gasteiger partial charge in [-0.3, -0.25) is 14.4 Å². The van der Waals surface area contributed by atoms with Crippen molar-refractivity contribution >= 4 is 29.5 Å². The van der Waals surface area contributed by atoms with Crippen LogP contribution >= 0.6 is 11.8 Å².